The first-order valence-corrected chi connectivity index (χ1v) is 5.51. The van der Waals surface area contributed by atoms with E-state index in [4.69, 9.17) is 0 Å². The van der Waals surface area contributed by atoms with Crippen LogP contribution in [0.25, 0.3) is 0 Å². The van der Waals surface area contributed by atoms with Crippen LogP contribution >= 0.6 is 39.7 Å². The van der Waals surface area contributed by atoms with Gasteiger partial charge in [-0.1, -0.05) is 0 Å². The first-order valence-electron chi connectivity index (χ1n) is 3.83. The van der Waals surface area contributed by atoms with Gasteiger partial charge in [0.15, 0.2) is 0 Å². The second-order valence-corrected chi connectivity index (χ2v) is 4.67. The molecule has 4 heteroatoms. The summed E-state index contributed by atoms with van der Waals surface area (Å²) in [5, 5.41) is 5.62. The molecule has 0 saturated carbocycles. The number of rotatable bonds is 1. The fourth-order valence-corrected chi connectivity index (χ4v) is 2.99. The van der Waals surface area contributed by atoms with Crippen molar-refractivity contribution >= 4 is 39.7 Å². The van der Waals surface area contributed by atoms with Gasteiger partial charge in [0.25, 0.3) is 0 Å². The minimum Gasteiger partial charge on any atom is -0.309 e. The van der Waals surface area contributed by atoms with Gasteiger partial charge in [0.1, 0.15) is 0 Å². The lowest BCUT2D eigenvalue weighted by atomic mass is 10.2. The van der Waals surface area contributed by atoms with Crippen LogP contribution in [-0.2, 0) is 0 Å². The Labute approximate surface area is 91.1 Å². The largest absolute Gasteiger partial charge is 0.309 e. The zero-order valence-corrected chi connectivity index (χ0v) is 9.77. The molecule has 0 bridgehead atoms. The van der Waals surface area contributed by atoms with Crippen molar-refractivity contribution < 1.29 is 0 Å². The van der Waals surface area contributed by atoms with Gasteiger partial charge in [-0.2, -0.15) is 0 Å². The molecule has 2 heterocycles. The molecule has 0 radical (unpaired) electrons. The van der Waals surface area contributed by atoms with E-state index in [1.165, 1.54) is 28.7 Å². The van der Waals surface area contributed by atoms with Gasteiger partial charge in [-0.25, -0.2) is 0 Å². The number of hydrogen-bond donors (Lipinski definition) is 1. The molecular formula is C8H11BrClNS. The second kappa shape index (κ2) is 4.61. The lowest BCUT2D eigenvalue weighted by Crippen LogP contribution is -2.11. The van der Waals surface area contributed by atoms with Crippen LogP contribution in [0.4, 0.5) is 0 Å². The predicted octanol–water partition coefficient (Wildman–Crippen LogP) is 3.36. The maximum atomic E-state index is 3.48. The first kappa shape index (κ1) is 10.5. The molecule has 0 aromatic carbocycles. The molecule has 1 atom stereocenters. The lowest BCUT2D eigenvalue weighted by molar-refractivity contribution is 0.659. The molecule has 2 rings (SSSR count). The summed E-state index contributed by atoms with van der Waals surface area (Å²) in [6.45, 7) is 1.18. The van der Waals surface area contributed by atoms with E-state index >= 15 is 0 Å². The highest BCUT2D eigenvalue weighted by molar-refractivity contribution is 9.10. The molecular weight excluding hydrogens is 258 g/mol. The fourth-order valence-electron chi connectivity index (χ4n) is 1.44. The number of thiophene rings is 1. The highest BCUT2D eigenvalue weighted by atomic mass is 79.9. The molecule has 0 amide bonds. The standard InChI is InChI=1S/C8H10BrNS.ClH/c9-6-4-8(11-5-6)7-2-1-3-10-7;/h4-5,7,10H,1-3H2;1H. The van der Waals surface area contributed by atoms with Crippen molar-refractivity contribution in [2.75, 3.05) is 6.54 Å². The molecule has 1 aromatic rings. The monoisotopic (exact) mass is 267 g/mol. The van der Waals surface area contributed by atoms with Gasteiger partial charge in [-0.3, -0.25) is 0 Å². The summed E-state index contributed by atoms with van der Waals surface area (Å²) in [5.74, 6) is 0. The van der Waals surface area contributed by atoms with Gasteiger partial charge in [0, 0.05) is 20.8 Å². The van der Waals surface area contributed by atoms with E-state index in [-0.39, 0.29) is 12.4 Å². The van der Waals surface area contributed by atoms with E-state index in [9.17, 15) is 0 Å². The molecule has 0 spiro atoms. The summed E-state index contributed by atoms with van der Waals surface area (Å²) in [6, 6.07) is 2.85. The van der Waals surface area contributed by atoms with Crippen LogP contribution in [0.15, 0.2) is 15.9 Å². The molecule has 12 heavy (non-hydrogen) atoms. The Morgan fingerprint density at radius 1 is 1.58 bits per heavy atom. The summed E-state index contributed by atoms with van der Waals surface area (Å²) in [5.41, 5.74) is 0. The summed E-state index contributed by atoms with van der Waals surface area (Å²) in [6.07, 6.45) is 2.62. The molecule has 68 valence electrons. The number of halogens is 2. The minimum atomic E-state index is 0. The third-order valence-corrected chi connectivity index (χ3v) is 3.80. The van der Waals surface area contributed by atoms with E-state index in [2.05, 4.69) is 32.7 Å². The summed E-state index contributed by atoms with van der Waals surface area (Å²) < 4.78 is 1.21. The van der Waals surface area contributed by atoms with Crippen LogP contribution in [-0.4, -0.2) is 6.54 Å². The molecule has 1 fully saturated rings. The average molecular weight is 269 g/mol. The van der Waals surface area contributed by atoms with Gasteiger partial charge in [-0.05, 0) is 41.4 Å². The van der Waals surface area contributed by atoms with Gasteiger partial charge >= 0.3 is 0 Å². The van der Waals surface area contributed by atoms with Gasteiger partial charge in [-0.15, -0.1) is 23.7 Å². The quantitative estimate of drug-likeness (QED) is 0.823. The van der Waals surface area contributed by atoms with E-state index in [0.717, 1.165) is 0 Å². The Bertz CT molecular complexity index is 245. The van der Waals surface area contributed by atoms with Crippen molar-refractivity contribution in [3.05, 3.63) is 20.8 Å². The van der Waals surface area contributed by atoms with Crippen LogP contribution in [0, 0.1) is 0 Å². The smallest absolute Gasteiger partial charge is 0.0415 e. The van der Waals surface area contributed by atoms with Crippen LogP contribution in [0.5, 0.6) is 0 Å². The van der Waals surface area contributed by atoms with Crippen LogP contribution < -0.4 is 5.32 Å². The van der Waals surface area contributed by atoms with Gasteiger partial charge in [0.2, 0.25) is 0 Å². The summed E-state index contributed by atoms with van der Waals surface area (Å²) >= 11 is 5.30. The first-order chi connectivity index (χ1) is 5.36. The van der Waals surface area contributed by atoms with E-state index in [0.29, 0.717) is 6.04 Å². The van der Waals surface area contributed by atoms with E-state index < -0.39 is 0 Å². The van der Waals surface area contributed by atoms with E-state index in [1.54, 1.807) is 0 Å². The molecule has 1 aliphatic rings. The Morgan fingerprint density at radius 3 is 2.92 bits per heavy atom. The minimum absolute atomic E-state index is 0. The highest BCUT2D eigenvalue weighted by Crippen LogP contribution is 2.30. The van der Waals surface area contributed by atoms with Crippen molar-refractivity contribution in [3.8, 4) is 0 Å². The molecule has 1 N–H and O–H groups in total. The maximum Gasteiger partial charge on any atom is 0.0415 e. The normalized spacial score (nSPS) is 22.2. The van der Waals surface area contributed by atoms with Crippen LogP contribution in [0.1, 0.15) is 23.8 Å². The van der Waals surface area contributed by atoms with Crippen molar-refractivity contribution in [2.45, 2.75) is 18.9 Å². The number of hydrogen-bond acceptors (Lipinski definition) is 2. The lowest BCUT2D eigenvalue weighted by Gasteiger charge is -2.05. The maximum absolute atomic E-state index is 3.48. The topological polar surface area (TPSA) is 12.0 Å². The molecule has 0 aliphatic carbocycles. The van der Waals surface area contributed by atoms with E-state index in [1.807, 2.05) is 11.3 Å². The molecule has 1 aromatic heterocycles. The van der Waals surface area contributed by atoms with Crippen molar-refractivity contribution in [3.63, 3.8) is 0 Å². The fraction of sp³-hybridized carbons (Fsp3) is 0.500. The molecule has 1 unspecified atom stereocenters. The SMILES string of the molecule is Brc1csc(C2CCCN2)c1.Cl. The Balaban J connectivity index is 0.000000720. The number of nitrogens with one attached hydrogen (secondary N) is 1. The van der Waals surface area contributed by atoms with Crippen molar-refractivity contribution in [2.24, 2.45) is 0 Å². The summed E-state index contributed by atoms with van der Waals surface area (Å²) in [4.78, 5) is 1.47. The second-order valence-electron chi connectivity index (χ2n) is 2.82. The van der Waals surface area contributed by atoms with Crippen molar-refractivity contribution in [1.82, 2.24) is 5.32 Å². The van der Waals surface area contributed by atoms with Gasteiger partial charge in [0.05, 0.1) is 0 Å². The molecule has 1 aliphatic heterocycles. The van der Waals surface area contributed by atoms with Gasteiger partial charge < -0.3 is 5.32 Å². The Kier molecular flexibility index (Phi) is 4.03. The third kappa shape index (κ3) is 2.22. The highest BCUT2D eigenvalue weighted by Gasteiger charge is 2.16. The Hall–Kier alpha value is 0.430. The molecule has 1 saturated heterocycles. The predicted molar refractivity (Wildman–Crippen MR) is 59.2 cm³/mol. The average Bonchev–Trinajstić information content (AvgIpc) is 2.55. The van der Waals surface area contributed by atoms with Crippen LogP contribution in [0.2, 0.25) is 0 Å². The summed E-state index contributed by atoms with van der Waals surface area (Å²) in [7, 11) is 0. The molecule has 1 nitrogen and oxygen atoms in total. The zero-order chi connectivity index (χ0) is 7.68. The zero-order valence-electron chi connectivity index (χ0n) is 6.55. The van der Waals surface area contributed by atoms with Crippen molar-refractivity contribution in [1.29, 1.82) is 0 Å². The third-order valence-electron chi connectivity index (χ3n) is 1.99. The van der Waals surface area contributed by atoms with Crippen LogP contribution in [0.3, 0.4) is 0 Å². The Morgan fingerprint density at radius 2 is 2.42 bits per heavy atom.